The highest BCUT2D eigenvalue weighted by molar-refractivity contribution is 6.45. The lowest BCUT2D eigenvalue weighted by molar-refractivity contribution is -0.117. The van der Waals surface area contributed by atoms with Crippen molar-refractivity contribution in [2.45, 2.75) is 26.2 Å². The monoisotopic (exact) mass is 638 g/mol. The number of hydrogen-bond acceptors (Lipinski definition) is 6. The summed E-state index contributed by atoms with van der Waals surface area (Å²) in [5.74, 6) is -0.474. The number of methoxy groups -OCH3 is 1. The molecule has 6 rings (SSSR count). The Hall–Kier alpha value is -6.15. The maximum absolute atomic E-state index is 14.2. The third-order valence-corrected chi connectivity index (χ3v) is 7.90. The van der Waals surface area contributed by atoms with E-state index in [2.05, 4.69) is 10.3 Å². The summed E-state index contributed by atoms with van der Waals surface area (Å²) in [4.78, 5) is 43.9. The first-order valence-corrected chi connectivity index (χ1v) is 15.5. The Labute approximate surface area is 278 Å². The van der Waals surface area contributed by atoms with Crippen molar-refractivity contribution in [3.8, 4) is 17.2 Å². The molecule has 48 heavy (non-hydrogen) atoms. The summed E-state index contributed by atoms with van der Waals surface area (Å²) in [6.45, 7) is 0.764. The zero-order chi connectivity index (χ0) is 33.3. The Balaban J connectivity index is 1.30. The largest absolute Gasteiger partial charge is 0.493 e. The normalized spacial score (nSPS) is 10.8. The van der Waals surface area contributed by atoms with E-state index >= 15 is 0 Å². The van der Waals surface area contributed by atoms with Gasteiger partial charge in [-0.05, 0) is 46.5 Å². The van der Waals surface area contributed by atoms with Gasteiger partial charge in [-0.15, -0.1) is 0 Å². The summed E-state index contributed by atoms with van der Waals surface area (Å²) in [7, 11) is 1.55. The highest BCUT2D eigenvalue weighted by Crippen LogP contribution is 2.34. The van der Waals surface area contributed by atoms with E-state index in [9.17, 15) is 14.4 Å². The molecule has 0 aliphatic heterocycles. The second kappa shape index (κ2) is 15.0. The highest BCUT2D eigenvalue weighted by atomic mass is 16.5. The van der Waals surface area contributed by atoms with Gasteiger partial charge in [-0.25, -0.2) is 0 Å². The minimum atomic E-state index is -0.774. The molecule has 8 heteroatoms. The zero-order valence-electron chi connectivity index (χ0n) is 26.4. The van der Waals surface area contributed by atoms with Crippen LogP contribution in [0.15, 0.2) is 128 Å². The van der Waals surface area contributed by atoms with E-state index in [1.54, 1.807) is 31.4 Å². The fourth-order valence-corrected chi connectivity index (χ4v) is 5.45. The number of ketones is 2. The fourth-order valence-electron chi connectivity index (χ4n) is 5.45. The van der Waals surface area contributed by atoms with Crippen LogP contribution >= 0.6 is 0 Å². The Morgan fingerprint density at radius 2 is 1.23 bits per heavy atom. The van der Waals surface area contributed by atoms with Gasteiger partial charge < -0.3 is 24.5 Å². The number of carbonyl (C=O) groups excluding carboxylic acids is 3. The molecule has 1 aromatic heterocycles. The molecule has 2 N–H and O–H groups in total. The van der Waals surface area contributed by atoms with Crippen LogP contribution in [-0.4, -0.2) is 29.6 Å². The molecule has 0 saturated carbocycles. The molecule has 5 aromatic carbocycles. The molecule has 0 aliphatic rings. The molecular formula is C40H34N2O6. The maximum atomic E-state index is 14.2. The van der Waals surface area contributed by atoms with Crippen molar-refractivity contribution in [2.24, 2.45) is 0 Å². The lowest BCUT2D eigenvalue weighted by atomic mass is 9.95. The smallest absolute Gasteiger partial charge is 0.292 e. The number of rotatable bonds is 14. The van der Waals surface area contributed by atoms with E-state index in [0.717, 1.165) is 16.7 Å². The second-order valence-electron chi connectivity index (χ2n) is 11.2. The third kappa shape index (κ3) is 7.45. The number of nitrogens with one attached hydrogen (secondary N) is 2. The Bertz CT molecular complexity index is 2040. The Morgan fingerprint density at radius 3 is 1.85 bits per heavy atom. The lowest BCUT2D eigenvalue weighted by Crippen LogP contribution is -2.30. The van der Waals surface area contributed by atoms with Crippen LogP contribution in [0.4, 0.5) is 0 Å². The van der Waals surface area contributed by atoms with Gasteiger partial charge in [-0.3, -0.25) is 14.4 Å². The number of amides is 1. The quantitative estimate of drug-likeness (QED) is 0.0961. The standard InChI is InChI=1S/C40H34N2O6/c1-46-36-22-30(17-19-34(36)47-25-28-13-7-3-8-14-28)21-33(43)38-35(48-26-29-15-9-4-10-16-29)20-18-32-37(38)31(24-41-32)39(44)40(45)42-23-27-11-5-2-6-12-27/h2-20,22,24,41H,21,23,25-26H2,1H3,(H,42,45). The summed E-state index contributed by atoms with van der Waals surface area (Å²) in [5, 5.41) is 3.03. The van der Waals surface area contributed by atoms with Crippen LogP contribution in [0.2, 0.25) is 0 Å². The number of hydrogen-bond donors (Lipinski definition) is 2. The first kappa shape index (κ1) is 31.8. The first-order chi connectivity index (χ1) is 23.5. The van der Waals surface area contributed by atoms with Crippen LogP contribution < -0.4 is 19.5 Å². The first-order valence-electron chi connectivity index (χ1n) is 15.5. The molecule has 0 radical (unpaired) electrons. The van der Waals surface area contributed by atoms with Gasteiger partial charge in [-0.1, -0.05) is 97.1 Å². The van der Waals surface area contributed by atoms with Crippen LogP contribution in [0.25, 0.3) is 10.9 Å². The molecule has 0 fully saturated rings. The summed E-state index contributed by atoms with van der Waals surface area (Å²) in [6.07, 6.45) is 1.45. The molecule has 0 aliphatic carbocycles. The summed E-state index contributed by atoms with van der Waals surface area (Å²) < 4.78 is 17.8. The number of fused-ring (bicyclic) bond motifs is 1. The van der Waals surface area contributed by atoms with Crippen molar-refractivity contribution in [3.05, 3.63) is 161 Å². The Kier molecular flexibility index (Phi) is 9.92. The van der Waals surface area contributed by atoms with E-state index in [1.807, 2.05) is 97.1 Å². The van der Waals surface area contributed by atoms with Crippen LogP contribution in [0.3, 0.4) is 0 Å². The number of carbonyl (C=O) groups is 3. The molecule has 0 unspecified atom stereocenters. The number of aromatic nitrogens is 1. The van der Waals surface area contributed by atoms with Gasteiger partial charge in [0.1, 0.15) is 19.0 Å². The van der Waals surface area contributed by atoms with Crippen LogP contribution in [-0.2, 0) is 31.0 Å². The topological polar surface area (TPSA) is 107 Å². The van der Waals surface area contributed by atoms with Crippen molar-refractivity contribution in [1.29, 1.82) is 0 Å². The van der Waals surface area contributed by atoms with E-state index in [1.165, 1.54) is 6.20 Å². The van der Waals surface area contributed by atoms with Gasteiger partial charge in [0, 0.05) is 30.1 Å². The number of Topliss-reactive ketones (excluding diaryl/α,β-unsaturated/α-hetero) is 2. The zero-order valence-corrected chi connectivity index (χ0v) is 26.4. The number of aromatic amines is 1. The van der Waals surface area contributed by atoms with Gasteiger partial charge in [0.2, 0.25) is 0 Å². The number of benzene rings is 5. The molecule has 1 heterocycles. The van der Waals surface area contributed by atoms with Crippen molar-refractivity contribution in [3.63, 3.8) is 0 Å². The van der Waals surface area contributed by atoms with Crippen molar-refractivity contribution >= 4 is 28.4 Å². The average molecular weight is 639 g/mol. The van der Waals surface area contributed by atoms with Crippen LogP contribution in [0.1, 0.15) is 43.0 Å². The molecule has 0 spiro atoms. The fraction of sp³-hybridized carbons (Fsp3) is 0.125. The predicted molar refractivity (Wildman–Crippen MR) is 183 cm³/mol. The van der Waals surface area contributed by atoms with Crippen molar-refractivity contribution in [2.75, 3.05) is 7.11 Å². The minimum Gasteiger partial charge on any atom is -0.493 e. The molecule has 0 bridgehead atoms. The predicted octanol–water partition coefficient (Wildman–Crippen LogP) is 7.26. The molecule has 6 aromatic rings. The van der Waals surface area contributed by atoms with Gasteiger partial charge in [-0.2, -0.15) is 0 Å². The number of ether oxygens (including phenoxy) is 3. The lowest BCUT2D eigenvalue weighted by Gasteiger charge is -2.15. The summed E-state index contributed by atoms with van der Waals surface area (Å²) in [6, 6.07) is 37.5. The number of H-pyrrole nitrogens is 1. The van der Waals surface area contributed by atoms with E-state index < -0.39 is 11.7 Å². The van der Waals surface area contributed by atoms with Gasteiger partial charge >= 0.3 is 0 Å². The van der Waals surface area contributed by atoms with Crippen LogP contribution in [0, 0.1) is 0 Å². The van der Waals surface area contributed by atoms with E-state index in [4.69, 9.17) is 14.2 Å². The molecule has 8 nitrogen and oxygen atoms in total. The molecule has 240 valence electrons. The molecule has 0 saturated heterocycles. The van der Waals surface area contributed by atoms with E-state index in [-0.39, 0.29) is 36.5 Å². The van der Waals surface area contributed by atoms with E-state index in [0.29, 0.717) is 40.3 Å². The summed E-state index contributed by atoms with van der Waals surface area (Å²) >= 11 is 0. The second-order valence-corrected chi connectivity index (χ2v) is 11.2. The van der Waals surface area contributed by atoms with Crippen LogP contribution in [0.5, 0.6) is 17.2 Å². The average Bonchev–Trinajstić information content (AvgIpc) is 3.57. The molecular weight excluding hydrogens is 604 g/mol. The Morgan fingerprint density at radius 1 is 0.646 bits per heavy atom. The highest BCUT2D eigenvalue weighted by Gasteiger charge is 2.27. The third-order valence-electron chi connectivity index (χ3n) is 7.90. The maximum Gasteiger partial charge on any atom is 0.292 e. The summed E-state index contributed by atoms with van der Waals surface area (Å²) in [5.41, 5.74) is 4.30. The minimum absolute atomic E-state index is 0.0187. The van der Waals surface area contributed by atoms with Gasteiger partial charge in [0.25, 0.3) is 11.7 Å². The SMILES string of the molecule is COc1cc(CC(=O)c2c(OCc3ccccc3)ccc3[nH]cc(C(=O)C(=O)NCc4ccccc4)c23)ccc1OCc1ccccc1. The van der Waals surface area contributed by atoms with Crippen molar-refractivity contribution < 1.29 is 28.6 Å². The molecule has 1 amide bonds. The van der Waals surface area contributed by atoms with Gasteiger partial charge in [0.15, 0.2) is 17.3 Å². The molecule has 0 atom stereocenters. The van der Waals surface area contributed by atoms with Gasteiger partial charge in [0.05, 0.1) is 18.2 Å². The van der Waals surface area contributed by atoms with Crippen molar-refractivity contribution in [1.82, 2.24) is 10.3 Å².